The van der Waals surface area contributed by atoms with E-state index in [0.29, 0.717) is 0 Å². The highest BCUT2D eigenvalue weighted by molar-refractivity contribution is 5.28. The van der Waals surface area contributed by atoms with E-state index < -0.39 is 0 Å². The molecule has 0 spiro atoms. The molecule has 2 aliphatic rings. The van der Waals surface area contributed by atoms with E-state index in [1.807, 2.05) is 12.2 Å². The van der Waals surface area contributed by atoms with E-state index in [-0.39, 0.29) is 0 Å². The predicted octanol–water partition coefficient (Wildman–Crippen LogP) is 2.44. The van der Waals surface area contributed by atoms with Gasteiger partial charge in [-0.05, 0) is 43.8 Å². The minimum atomic E-state index is 0.793. The summed E-state index contributed by atoms with van der Waals surface area (Å²) in [5.74, 6) is 2.56. The van der Waals surface area contributed by atoms with Gasteiger partial charge >= 0.3 is 0 Å². The number of hydrogen-bond acceptors (Lipinski definition) is 2. The zero-order valence-electron chi connectivity index (χ0n) is 7.95. The Hall–Kier alpha value is -0.920. The predicted molar refractivity (Wildman–Crippen MR) is 50.8 cm³/mol. The van der Waals surface area contributed by atoms with Gasteiger partial charge in [0, 0.05) is 0 Å². The molecule has 2 nitrogen and oxygen atoms in total. The van der Waals surface area contributed by atoms with Gasteiger partial charge in [-0.15, -0.1) is 0 Å². The van der Waals surface area contributed by atoms with Crippen LogP contribution < -0.4 is 0 Å². The Morgan fingerprint density at radius 2 is 2.23 bits per heavy atom. The average molecular weight is 179 g/mol. The summed E-state index contributed by atoms with van der Waals surface area (Å²) >= 11 is 0. The van der Waals surface area contributed by atoms with Crippen LogP contribution in [-0.4, -0.2) is 13.7 Å². The summed E-state index contributed by atoms with van der Waals surface area (Å²) < 4.78 is 10.9. The standard InChI is InChI=1S/C11H15O2/c1-12-10-4-2-3-5-11(10)13-8-9-6-7-9/h3-5,9H,2,6-8H2,1H3. The first-order valence-corrected chi connectivity index (χ1v) is 4.81. The lowest BCUT2D eigenvalue weighted by Gasteiger charge is -2.15. The second-order valence-corrected chi connectivity index (χ2v) is 3.53. The molecule has 1 saturated carbocycles. The minimum absolute atomic E-state index is 0.793. The second-order valence-electron chi connectivity index (χ2n) is 3.53. The molecule has 0 aromatic heterocycles. The van der Waals surface area contributed by atoms with Crippen molar-refractivity contribution >= 4 is 0 Å². The van der Waals surface area contributed by atoms with Crippen molar-refractivity contribution in [1.29, 1.82) is 0 Å². The Morgan fingerprint density at radius 1 is 1.38 bits per heavy atom. The van der Waals surface area contributed by atoms with Crippen molar-refractivity contribution < 1.29 is 9.47 Å². The Labute approximate surface area is 79.2 Å². The van der Waals surface area contributed by atoms with E-state index >= 15 is 0 Å². The summed E-state index contributed by atoms with van der Waals surface area (Å²) in [5, 5.41) is 0. The lowest BCUT2D eigenvalue weighted by molar-refractivity contribution is 0.165. The Balaban J connectivity index is 1.87. The lowest BCUT2D eigenvalue weighted by atomic mass is 10.1. The van der Waals surface area contributed by atoms with Gasteiger partial charge in [0.05, 0.1) is 13.7 Å². The van der Waals surface area contributed by atoms with Crippen LogP contribution >= 0.6 is 0 Å². The van der Waals surface area contributed by atoms with Gasteiger partial charge in [0.15, 0.2) is 11.5 Å². The third-order valence-corrected chi connectivity index (χ3v) is 2.34. The molecule has 0 aromatic carbocycles. The molecule has 0 aromatic rings. The molecular formula is C11H15O2. The molecule has 0 heterocycles. The molecule has 0 amide bonds. The number of rotatable bonds is 4. The number of methoxy groups -OCH3 is 1. The summed E-state index contributed by atoms with van der Waals surface area (Å²) in [6.07, 6.45) is 9.72. The van der Waals surface area contributed by atoms with E-state index in [1.165, 1.54) is 12.8 Å². The van der Waals surface area contributed by atoms with Gasteiger partial charge in [-0.3, -0.25) is 0 Å². The van der Waals surface area contributed by atoms with Gasteiger partial charge in [0.25, 0.3) is 0 Å². The van der Waals surface area contributed by atoms with Crippen LogP contribution in [0.2, 0.25) is 0 Å². The maximum absolute atomic E-state index is 5.65. The molecule has 0 bridgehead atoms. The highest BCUT2D eigenvalue weighted by atomic mass is 16.5. The van der Waals surface area contributed by atoms with Crippen molar-refractivity contribution in [2.24, 2.45) is 5.92 Å². The molecule has 0 unspecified atom stereocenters. The van der Waals surface area contributed by atoms with Crippen molar-refractivity contribution in [3.63, 3.8) is 0 Å². The Bertz CT molecular complexity index is 236. The number of allylic oxidation sites excluding steroid dienone is 2. The van der Waals surface area contributed by atoms with Gasteiger partial charge < -0.3 is 9.47 Å². The zero-order chi connectivity index (χ0) is 9.10. The van der Waals surface area contributed by atoms with E-state index in [2.05, 4.69) is 6.42 Å². The molecule has 0 N–H and O–H groups in total. The SMILES string of the molecule is COC1=CC[CH]C=C1OCC1CC1. The highest BCUT2D eigenvalue weighted by Crippen LogP contribution is 2.31. The molecular weight excluding hydrogens is 164 g/mol. The molecule has 2 aliphatic carbocycles. The zero-order valence-corrected chi connectivity index (χ0v) is 7.95. The lowest BCUT2D eigenvalue weighted by Crippen LogP contribution is -2.04. The van der Waals surface area contributed by atoms with E-state index in [0.717, 1.165) is 30.5 Å². The van der Waals surface area contributed by atoms with E-state index in [9.17, 15) is 0 Å². The second kappa shape index (κ2) is 3.86. The molecule has 0 saturated heterocycles. The van der Waals surface area contributed by atoms with Crippen LogP contribution in [0.4, 0.5) is 0 Å². The molecule has 2 rings (SSSR count). The summed E-state index contributed by atoms with van der Waals surface area (Å²) in [6, 6.07) is 0. The molecule has 1 radical (unpaired) electrons. The fraction of sp³-hybridized carbons (Fsp3) is 0.545. The third-order valence-electron chi connectivity index (χ3n) is 2.34. The molecule has 0 atom stereocenters. The maximum Gasteiger partial charge on any atom is 0.157 e. The van der Waals surface area contributed by atoms with Crippen LogP contribution in [0.1, 0.15) is 19.3 Å². The number of ether oxygens (including phenoxy) is 2. The van der Waals surface area contributed by atoms with Crippen LogP contribution in [0.15, 0.2) is 23.7 Å². The quantitative estimate of drug-likeness (QED) is 0.660. The van der Waals surface area contributed by atoms with Crippen molar-refractivity contribution in [2.75, 3.05) is 13.7 Å². The summed E-state index contributed by atoms with van der Waals surface area (Å²) in [7, 11) is 1.69. The number of hydrogen-bond donors (Lipinski definition) is 0. The van der Waals surface area contributed by atoms with E-state index in [4.69, 9.17) is 9.47 Å². The van der Waals surface area contributed by atoms with Gasteiger partial charge in [0.2, 0.25) is 0 Å². The monoisotopic (exact) mass is 179 g/mol. The Kier molecular flexibility index (Phi) is 2.57. The summed E-state index contributed by atoms with van der Waals surface area (Å²) in [5.41, 5.74) is 0. The average Bonchev–Trinajstić information content (AvgIpc) is 2.99. The molecule has 2 heteroatoms. The topological polar surface area (TPSA) is 18.5 Å². The van der Waals surface area contributed by atoms with Crippen molar-refractivity contribution in [3.05, 3.63) is 30.1 Å². The van der Waals surface area contributed by atoms with Crippen molar-refractivity contribution in [2.45, 2.75) is 19.3 Å². The van der Waals surface area contributed by atoms with Crippen molar-refractivity contribution in [1.82, 2.24) is 0 Å². The van der Waals surface area contributed by atoms with Crippen LogP contribution in [0.3, 0.4) is 0 Å². The first-order valence-electron chi connectivity index (χ1n) is 4.81. The van der Waals surface area contributed by atoms with Crippen LogP contribution in [0.25, 0.3) is 0 Å². The minimum Gasteiger partial charge on any atom is -0.493 e. The largest absolute Gasteiger partial charge is 0.493 e. The fourth-order valence-corrected chi connectivity index (χ4v) is 1.33. The first-order chi connectivity index (χ1) is 6.40. The van der Waals surface area contributed by atoms with Crippen LogP contribution in [0, 0.1) is 12.3 Å². The van der Waals surface area contributed by atoms with Crippen LogP contribution in [-0.2, 0) is 9.47 Å². The van der Waals surface area contributed by atoms with Gasteiger partial charge in [-0.1, -0.05) is 0 Å². The highest BCUT2D eigenvalue weighted by Gasteiger charge is 2.23. The third kappa shape index (κ3) is 2.27. The molecule has 13 heavy (non-hydrogen) atoms. The van der Waals surface area contributed by atoms with Gasteiger partial charge in [-0.25, -0.2) is 0 Å². The molecule has 0 aliphatic heterocycles. The molecule has 71 valence electrons. The maximum atomic E-state index is 5.65. The van der Waals surface area contributed by atoms with Gasteiger partial charge in [-0.2, -0.15) is 0 Å². The smallest absolute Gasteiger partial charge is 0.157 e. The summed E-state index contributed by atoms with van der Waals surface area (Å²) in [6.45, 7) is 0.848. The van der Waals surface area contributed by atoms with E-state index in [1.54, 1.807) is 7.11 Å². The van der Waals surface area contributed by atoms with Crippen LogP contribution in [0.5, 0.6) is 0 Å². The fourth-order valence-electron chi connectivity index (χ4n) is 1.33. The first kappa shape index (κ1) is 8.67. The van der Waals surface area contributed by atoms with Gasteiger partial charge in [0.1, 0.15) is 0 Å². The Morgan fingerprint density at radius 3 is 2.92 bits per heavy atom. The molecule has 1 fully saturated rings. The summed E-state index contributed by atoms with van der Waals surface area (Å²) in [4.78, 5) is 0. The van der Waals surface area contributed by atoms with Crippen molar-refractivity contribution in [3.8, 4) is 0 Å². The normalized spacial score (nSPS) is 21.9.